The lowest BCUT2D eigenvalue weighted by Crippen LogP contribution is -2.40. The molecule has 2 heteroatoms. The van der Waals surface area contributed by atoms with E-state index in [0.717, 1.165) is 29.8 Å². The van der Waals surface area contributed by atoms with Crippen molar-refractivity contribution in [3.63, 3.8) is 0 Å². The van der Waals surface area contributed by atoms with Gasteiger partial charge in [-0.25, -0.2) is 0 Å². The summed E-state index contributed by atoms with van der Waals surface area (Å²) < 4.78 is 0. The average molecular weight is 194 g/mol. The zero-order valence-corrected chi connectivity index (χ0v) is 9.37. The maximum absolute atomic E-state index is 3.53. The summed E-state index contributed by atoms with van der Waals surface area (Å²) in [6.07, 6.45) is 2.97. The molecule has 0 aromatic heterocycles. The molecule has 1 saturated carbocycles. The molecule has 2 nitrogen and oxygen atoms in total. The van der Waals surface area contributed by atoms with E-state index in [1.807, 2.05) is 0 Å². The molecule has 0 bridgehead atoms. The summed E-state index contributed by atoms with van der Waals surface area (Å²) >= 11 is 0. The molecule has 3 aliphatic rings. The van der Waals surface area contributed by atoms with Gasteiger partial charge in [-0.1, -0.05) is 0 Å². The molecule has 2 heterocycles. The fourth-order valence-corrected chi connectivity index (χ4v) is 3.59. The van der Waals surface area contributed by atoms with Gasteiger partial charge in [-0.15, -0.1) is 0 Å². The highest BCUT2D eigenvalue weighted by Crippen LogP contribution is 2.41. The lowest BCUT2D eigenvalue weighted by molar-refractivity contribution is 0.164. The minimum atomic E-state index is 0.825. The topological polar surface area (TPSA) is 15.3 Å². The van der Waals surface area contributed by atoms with Crippen LogP contribution in [0.15, 0.2) is 0 Å². The van der Waals surface area contributed by atoms with Gasteiger partial charge in [0, 0.05) is 18.6 Å². The zero-order valence-electron chi connectivity index (χ0n) is 9.37. The molecule has 4 atom stereocenters. The molecule has 80 valence electrons. The summed E-state index contributed by atoms with van der Waals surface area (Å²) in [5.74, 6) is 2.92. The summed E-state index contributed by atoms with van der Waals surface area (Å²) in [6, 6.07) is 1.68. The van der Waals surface area contributed by atoms with Crippen molar-refractivity contribution in [2.24, 2.45) is 17.8 Å². The van der Waals surface area contributed by atoms with E-state index in [1.54, 1.807) is 0 Å². The lowest BCUT2D eigenvalue weighted by atomic mass is 9.95. The first-order valence-electron chi connectivity index (χ1n) is 6.24. The van der Waals surface area contributed by atoms with Gasteiger partial charge in [0.2, 0.25) is 0 Å². The number of hydrogen-bond donors (Lipinski definition) is 1. The number of nitrogens with one attached hydrogen (secondary N) is 1. The predicted molar refractivity (Wildman–Crippen MR) is 58.2 cm³/mol. The van der Waals surface area contributed by atoms with Gasteiger partial charge in [-0.3, -0.25) is 4.90 Å². The van der Waals surface area contributed by atoms with Crippen LogP contribution in [0.5, 0.6) is 0 Å². The van der Waals surface area contributed by atoms with Gasteiger partial charge in [-0.2, -0.15) is 0 Å². The van der Waals surface area contributed by atoms with Crippen molar-refractivity contribution in [3.05, 3.63) is 0 Å². The molecular weight excluding hydrogens is 172 g/mol. The van der Waals surface area contributed by atoms with E-state index in [-0.39, 0.29) is 0 Å². The van der Waals surface area contributed by atoms with Gasteiger partial charge in [0.1, 0.15) is 0 Å². The van der Waals surface area contributed by atoms with Crippen LogP contribution in [-0.4, -0.2) is 36.6 Å². The average Bonchev–Trinajstić information content (AvgIpc) is 2.84. The molecule has 0 spiro atoms. The maximum atomic E-state index is 3.53. The first kappa shape index (κ1) is 9.17. The summed E-state index contributed by atoms with van der Waals surface area (Å²) in [4.78, 5) is 2.79. The number of likely N-dealkylation sites (tertiary alicyclic amines) is 1. The van der Waals surface area contributed by atoms with E-state index in [0.29, 0.717) is 0 Å². The molecule has 1 N–H and O–H groups in total. The molecule has 0 aromatic carbocycles. The minimum Gasteiger partial charge on any atom is -0.316 e. The molecule has 3 fully saturated rings. The van der Waals surface area contributed by atoms with Gasteiger partial charge in [0.15, 0.2) is 0 Å². The Morgan fingerprint density at radius 1 is 1.29 bits per heavy atom. The van der Waals surface area contributed by atoms with E-state index >= 15 is 0 Å². The smallest absolute Gasteiger partial charge is 0.0114 e. The van der Waals surface area contributed by atoms with Crippen LogP contribution in [-0.2, 0) is 0 Å². The molecular formula is C12H22N2. The molecule has 2 saturated heterocycles. The lowest BCUT2D eigenvalue weighted by Gasteiger charge is -2.30. The highest BCUT2D eigenvalue weighted by Gasteiger charge is 2.45. The Morgan fingerprint density at radius 2 is 2.07 bits per heavy atom. The third kappa shape index (κ3) is 1.31. The van der Waals surface area contributed by atoms with E-state index in [2.05, 4.69) is 24.1 Å². The fourth-order valence-electron chi connectivity index (χ4n) is 3.59. The van der Waals surface area contributed by atoms with Crippen LogP contribution >= 0.6 is 0 Å². The molecule has 2 aliphatic heterocycles. The Morgan fingerprint density at radius 3 is 2.71 bits per heavy atom. The first-order valence-corrected chi connectivity index (χ1v) is 6.24. The number of nitrogens with zero attached hydrogens (tertiary/aromatic N) is 1. The Kier molecular flexibility index (Phi) is 2.10. The van der Waals surface area contributed by atoms with Gasteiger partial charge in [-0.05, 0) is 57.5 Å². The maximum Gasteiger partial charge on any atom is 0.0114 e. The second kappa shape index (κ2) is 3.21. The second-order valence-electron chi connectivity index (χ2n) is 5.60. The molecule has 14 heavy (non-hydrogen) atoms. The molecule has 0 amide bonds. The van der Waals surface area contributed by atoms with Crippen molar-refractivity contribution in [1.29, 1.82) is 0 Å². The number of rotatable bonds is 2. The summed E-state index contributed by atoms with van der Waals surface area (Å²) in [6.45, 7) is 8.78. The van der Waals surface area contributed by atoms with Gasteiger partial charge >= 0.3 is 0 Å². The fraction of sp³-hybridized carbons (Fsp3) is 1.00. The number of fused-ring (bicyclic) bond motifs is 1. The minimum absolute atomic E-state index is 0.825. The molecule has 3 rings (SSSR count). The van der Waals surface area contributed by atoms with Gasteiger partial charge in [0.05, 0.1) is 0 Å². The van der Waals surface area contributed by atoms with Crippen LogP contribution in [0.3, 0.4) is 0 Å². The van der Waals surface area contributed by atoms with Gasteiger partial charge in [0.25, 0.3) is 0 Å². The Labute approximate surface area is 87.0 Å². The number of hydrogen-bond acceptors (Lipinski definition) is 2. The highest BCUT2D eigenvalue weighted by molar-refractivity contribution is 5.00. The van der Waals surface area contributed by atoms with E-state index in [9.17, 15) is 0 Å². The monoisotopic (exact) mass is 194 g/mol. The normalized spacial score (nSPS) is 45.4. The van der Waals surface area contributed by atoms with Crippen molar-refractivity contribution < 1.29 is 0 Å². The van der Waals surface area contributed by atoms with Crippen LogP contribution in [0.1, 0.15) is 26.7 Å². The molecule has 1 aliphatic carbocycles. The van der Waals surface area contributed by atoms with Crippen LogP contribution in [0.2, 0.25) is 0 Å². The van der Waals surface area contributed by atoms with Crippen LogP contribution < -0.4 is 5.32 Å². The third-order valence-electron chi connectivity index (χ3n) is 4.81. The van der Waals surface area contributed by atoms with Crippen molar-refractivity contribution >= 4 is 0 Å². The quantitative estimate of drug-likeness (QED) is 0.713. The highest BCUT2D eigenvalue weighted by atomic mass is 15.2. The van der Waals surface area contributed by atoms with Crippen LogP contribution in [0.25, 0.3) is 0 Å². The van der Waals surface area contributed by atoms with E-state index < -0.39 is 0 Å². The molecule has 0 aromatic rings. The van der Waals surface area contributed by atoms with Crippen molar-refractivity contribution in [2.45, 2.75) is 38.8 Å². The Bertz CT molecular complexity index is 224. The standard InChI is InChI=1S/C12H22N2/c1-8(10-3-4-10)14-7-11-5-13-6-12(11)9(14)2/h8-13H,3-7H2,1-2H3. The Balaban J connectivity index is 1.70. The van der Waals surface area contributed by atoms with Crippen LogP contribution in [0, 0.1) is 17.8 Å². The summed E-state index contributed by atoms with van der Waals surface area (Å²) in [7, 11) is 0. The molecule has 4 unspecified atom stereocenters. The largest absolute Gasteiger partial charge is 0.316 e. The SMILES string of the molecule is CC(C1CC1)N1CC2CNCC2C1C. The zero-order chi connectivity index (χ0) is 9.71. The van der Waals surface area contributed by atoms with Crippen molar-refractivity contribution in [3.8, 4) is 0 Å². The Hall–Kier alpha value is -0.0800. The third-order valence-corrected chi connectivity index (χ3v) is 4.81. The molecule has 0 radical (unpaired) electrons. The summed E-state index contributed by atoms with van der Waals surface area (Å²) in [5, 5.41) is 3.53. The first-order chi connectivity index (χ1) is 6.77. The van der Waals surface area contributed by atoms with Crippen LogP contribution in [0.4, 0.5) is 0 Å². The van der Waals surface area contributed by atoms with E-state index in [1.165, 1.54) is 32.5 Å². The van der Waals surface area contributed by atoms with Gasteiger partial charge < -0.3 is 5.32 Å². The van der Waals surface area contributed by atoms with E-state index in [4.69, 9.17) is 0 Å². The predicted octanol–water partition coefficient (Wildman–Crippen LogP) is 1.32. The van der Waals surface area contributed by atoms with Crippen molar-refractivity contribution in [1.82, 2.24) is 10.2 Å². The second-order valence-corrected chi connectivity index (χ2v) is 5.60. The van der Waals surface area contributed by atoms with Crippen molar-refractivity contribution in [2.75, 3.05) is 19.6 Å². The summed E-state index contributed by atoms with van der Waals surface area (Å²) in [5.41, 5.74) is 0.